The third-order valence-corrected chi connectivity index (χ3v) is 5.56. The van der Waals surface area contributed by atoms with E-state index in [1.165, 1.54) is 23.1 Å². The van der Waals surface area contributed by atoms with Crippen molar-refractivity contribution in [2.24, 2.45) is 4.40 Å². The smallest absolute Gasteiger partial charge is 0.256 e. The Labute approximate surface area is 150 Å². The number of carbonyl (C=O) groups excluding carboxylic acids is 1. The molecule has 1 amide bonds. The summed E-state index contributed by atoms with van der Waals surface area (Å²) in [7, 11) is -1.90. The lowest BCUT2D eigenvalue weighted by atomic mass is 10.1. The van der Waals surface area contributed by atoms with E-state index in [0.29, 0.717) is 11.1 Å². The molecule has 0 aromatic heterocycles. The SMILES string of the molecule is CC(c1ccc(F)c(F)c1)N(C)C(=O)C1=CN2CCS(=O)(=O)N=C2C=C1. The Morgan fingerprint density at radius 3 is 2.69 bits per heavy atom. The molecular formula is C17H17F2N3O3S. The summed E-state index contributed by atoms with van der Waals surface area (Å²) in [6.45, 7) is 1.92. The van der Waals surface area contributed by atoms with Crippen molar-refractivity contribution in [3.8, 4) is 0 Å². The van der Waals surface area contributed by atoms with Crippen LogP contribution in [0.3, 0.4) is 0 Å². The highest BCUT2D eigenvalue weighted by Crippen LogP contribution is 2.24. The second-order valence-corrected chi connectivity index (χ2v) is 7.87. The van der Waals surface area contributed by atoms with Crippen molar-refractivity contribution in [3.63, 3.8) is 0 Å². The molecule has 138 valence electrons. The van der Waals surface area contributed by atoms with E-state index >= 15 is 0 Å². The molecule has 6 nitrogen and oxygen atoms in total. The van der Waals surface area contributed by atoms with E-state index < -0.39 is 27.7 Å². The summed E-state index contributed by atoms with van der Waals surface area (Å²) in [6, 6.07) is 3.03. The van der Waals surface area contributed by atoms with Crippen molar-refractivity contribution < 1.29 is 22.0 Å². The predicted molar refractivity (Wildman–Crippen MR) is 92.7 cm³/mol. The van der Waals surface area contributed by atoms with Crippen molar-refractivity contribution in [3.05, 3.63) is 59.3 Å². The largest absolute Gasteiger partial charge is 0.335 e. The van der Waals surface area contributed by atoms with Crippen LogP contribution in [0.1, 0.15) is 18.5 Å². The number of amides is 1. The Morgan fingerprint density at radius 1 is 1.27 bits per heavy atom. The van der Waals surface area contributed by atoms with Crippen LogP contribution in [0.25, 0.3) is 0 Å². The number of hydrogen-bond donors (Lipinski definition) is 0. The van der Waals surface area contributed by atoms with Crippen molar-refractivity contribution in [1.29, 1.82) is 0 Å². The first-order valence-corrected chi connectivity index (χ1v) is 9.50. The third kappa shape index (κ3) is 3.52. The maximum atomic E-state index is 13.4. The van der Waals surface area contributed by atoms with Crippen LogP contribution in [-0.4, -0.2) is 49.3 Å². The highest BCUT2D eigenvalue weighted by atomic mass is 32.2. The van der Waals surface area contributed by atoms with Gasteiger partial charge in [-0.2, -0.15) is 0 Å². The van der Waals surface area contributed by atoms with Gasteiger partial charge in [0.15, 0.2) is 11.6 Å². The number of sulfonamides is 1. The first-order valence-electron chi connectivity index (χ1n) is 7.89. The van der Waals surface area contributed by atoms with Gasteiger partial charge in [-0.05, 0) is 36.8 Å². The lowest BCUT2D eigenvalue weighted by Gasteiger charge is -2.30. The zero-order valence-electron chi connectivity index (χ0n) is 14.2. The molecule has 0 saturated heterocycles. The molecule has 1 atom stereocenters. The Kier molecular flexibility index (Phi) is 4.66. The minimum atomic E-state index is -3.46. The van der Waals surface area contributed by atoms with Gasteiger partial charge in [-0.15, -0.1) is 4.40 Å². The fourth-order valence-electron chi connectivity index (χ4n) is 2.70. The highest BCUT2D eigenvalue weighted by molar-refractivity contribution is 7.90. The van der Waals surface area contributed by atoms with E-state index in [0.717, 1.165) is 12.1 Å². The minimum Gasteiger partial charge on any atom is -0.335 e. The molecule has 2 aliphatic rings. The number of nitrogens with zero attached hydrogens (tertiary/aromatic N) is 3. The molecule has 0 bridgehead atoms. The van der Waals surface area contributed by atoms with Gasteiger partial charge in [-0.3, -0.25) is 4.79 Å². The van der Waals surface area contributed by atoms with Gasteiger partial charge >= 0.3 is 0 Å². The highest BCUT2D eigenvalue weighted by Gasteiger charge is 2.27. The summed E-state index contributed by atoms with van der Waals surface area (Å²) in [4.78, 5) is 15.7. The number of rotatable bonds is 3. The van der Waals surface area contributed by atoms with E-state index in [4.69, 9.17) is 0 Å². The van der Waals surface area contributed by atoms with Crippen LogP contribution in [0.4, 0.5) is 8.78 Å². The van der Waals surface area contributed by atoms with Crippen molar-refractivity contribution in [2.45, 2.75) is 13.0 Å². The molecule has 1 aromatic carbocycles. The number of fused-ring (bicyclic) bond motifs is 1. The molecule has 1 aromatic rings. The molecule has 0 N–H and O–H groups in total. The van der Waals surface area contributed by atoms with Crippen LogP contribution >= 0.6 is 0 Å². The molecule has 0 aliphatic carbocycles. The van der Waals surface area contributed by atoms with E-state index in [2.05, 4.69) is 4.40 Å². The van der Waals surface area contributed by atoms with Gasteiger partial charge in [0.05, 0.1) is 17.4 Å². The summed E-state index contributed by atoms with van der Waals surface area (Å²) < 4.78 is 53.2. The molecule has 2 heterocycles. The lowest BCUT2D eigenvalue weighted by molar-refractivity contribution is -0.127. The van der Waals surface area contributed by atoms with Gasteiger partial charge in [0, 0.05) is 19.8 Å². The van der Waals surface area contributed by atoms with Crippen LogP contribution in [0.2, 0.25) is 0 Å². The second-order valence-electron chi connectivity index (χ2n) is 6.11. The Bertz CT molecular complexity index is 954. The third-order valence-electron chi connectivity index (χ3n) is 4.40. The molecular weight excluding hydrogens is 364 g/mol. The Balaban J connectivity index is 1.80. The lowest BCUT2D eigenvalue weighted by Crippen LogP contribution is -2.38. The van der Waals surface area contributed by atoms with Crippen molar-refractivity contribution >= 4 is 21.8 Å². The zero-order chi connectivity index (χ0) is 19.1. The van der Waals surface area contributed by atoms with Gasteiger partial charge < -0.3 is 9.80 Å². The van der Waals surface area contributed by atoms with Crippen LogP contribution in [0.5, 0.6) is 0 Å². The Morgan fingerprint density at radius 2 is 2.00 bits per heavy atom. The molecule has 9 heteroatoms. The van der Waals surface area contributed by atoms with Crippen LogP contribution in [-0.2, 0) is 14.8 Å². The van der Waals surface area contributed by atoms with Crippen LogP contribution in [0.15, 0.2) is 46.5 Å². The number of carbonyl (C=O) groups is 1. The molecule has 0 radical (unpaired) electrons. The van der Waals surface area contributed by atoms with Gasteiger partial charge in [0.2, 0.25) is 0 Å². The average Bonchev–Trinajstić information content (AvgIpc) is 2.61. The number of benzene rings is 1. The Hall–Kier alpha value is -2.55. The minimum absolute atomic E-state index is 0.122. The summed E-state index contributed by atoms with van der Waals surface area (Å²) in [5.41, 5.74) is 0.812. The second kappa shape index (κ2) is 6.64. The van der Waals surface area contributed by atoms with Crippen LogP contribution in [0, 0.1) is 11.6 Å². The maximum Gasteiger partial charge on any atom is 0.256 e. The summed E-state index contributed by atoms with van der Waals surface area (Å²) in [5, 5.41) is 0. The molecule has 3 rings (SSSR count). The van der Waals surface area contributed by atoms with Gasteiger partial charge in [-0.1, -0.05) is 6.07 Å². The number of hydrogen-bond acceptors (Lipinski definition) is 4. The maximum absolute atomic E-state index is 13.4. The summed E-state index contributed by atoms with van der Waals surface area (Å²) in [5.74, 6) is -2.10. The quantitative estimate of drug-likeness (QED) is 0.803. The first-order chi connectivity index (χ1) is 12.2. The molecule has 1 unspecified atom stereocenters. The van der Waals surface area contributed by atoms with E-state index in [1.54, 1.807) is 25.1 Å². The molecule has 0 spiro atoms. The van der Waals surface area contributed by atoms with Gasteiger partial charge in [0.25, 0.3) is 15.9 Å². The van der Waals surface area contributed by atoms with E-state index in [-0.39, 0.29) is 24.0 Å². The van der Waals surface area contributed by atoms with Crippen molar-refractivity contribution in [1.82, 2.24) is 9.80 Å². The first kappa shape index (κ1) is 18.2. The van der Waals surface area contributed by atoms with Gasteiger partial charge in [0.1, 0.15) is 5.84 Å². The number of halogens is 2. The summed E-state index contributed by atoms with van der Waals surface area (Å²) >= 11 is 0. The molecule has 0 saturated carbocycles. The van der Waals surface area contributed by atoms with Crippen LogP contribution < -0.4 is 0 Å². The van der Waals surface area contributed by atoms with Gasteiger partial charge in [-0.25, -0.2) is 17.2 Å². The topological polar surface area (TPSA) is 70.1 Å². The number of likely N-dealkylation sites (N-methyl/N-ethyl adjacent to an activating group) is 1. The monoisotopic (exact) mass is 381 g/mol. The summed E-state index contributed by atoms with van der Waals surface area (Å²) in [6.07, 6.45) is 4.51. The molecule has 2 aliphatic heterocycles. The molecule has 0 fully saturated rings. The van der Waals surface area contributed by atoms with Crippen molar-refractivity contribution in [2.75, 3.05) is 19.3 Å². The fraction of sp³-hybridized carbons (Fsp3) is 0.294. The average molecular weight is 381 g/mol. The fourth-order valence-corrected chi connectivity index (χ4v) is 3.67. The standard InChI is InChI=1S/C17H17F2N3O3S/c1-11(12-3-5-14(18)15(19)9-12)21(2)17(23)13-4-6-16-20-26(24,25)8-7-22(16)10-13/h3-6,9-11H,7-8H2,1-2H3. The number of amidine groups is 1. The molecule has 26 heavy (non-hydrogen) atoms. The normalized spacial score (nSPS) is 19.3. The zero-order valence-corrected chi connectivity index (χ0v) is 15.0. The van der Waals surface area contributed by atoms with E-state index in [1.807, 2.05) is 0 Å². The predicted octanol–water partition coefficient (Wildman–Crippen LogP) is 1.98. The van der Waals surface area contributed by atoms with E-state index in [9.17, 15) is 22.0 Å².